The van der Waals surface area contributed by atoms with Gasteiger partial charge in [-0.15, -0.1) is 0 Å². The highest BCUT2D eigenvalue weighted by Gasteiger charge is 2.21. The summed E-state index contributed by atoms with van der Waals surface area (Å²) in [6.45, 7) is 7.93. The molecule has 0 fully saturated rings. The number of aromatic nitrogens is 1. The van der Waals surface area contributed by atoms with Crippen LogP contribution in [-0.4, -0.2) is 28.9 Å². The average Bonchev–Trinajstić information content (AvgIpc) is 2.59. The number of hydrogen-bond acceptors (Lipinski definition) is 4. The average molecular weight is 255 g/mol. The highest BCUT2D eigenvalue weighted by molar-refractivity contribution is 5.88. The molecule has 102 valence electrons. The van der Waals surface area contributed by atoms with Gasteiger partial charge in [0.2, 0.25) is 0 Å². The number of rotatable bonds is 5. The molecule has 6 heteroatoms. The van der Waals surface area contributed by atoms with Crippen molar-refractivity contribution in [1.29, 1.82) is 0 Å². The molecule has 6 nitrogen and oxygen atoms in total. The van der Waals surface area contributed by atoms with E-state index in [2.05, 4.69) is 15.8 Å². The molecule has 1 aromatic rings. The Morgan fingerprint density at radius 3 is 2.78 bits per heavy atom. The van der Waals surface area contributed by atoms with Crippen molar-refractivity contribution in [3.63, 3.8) is 0 Å². The molecule has 1 unspecified atom stereocenters. The van der Waals surface area contributed by atoms with Crippen LogP contribution in [0.25, 0.3) is 0 Å². The third-order valence-electron chi connectivity index (χ3n) is 2.45. The highest BCUT2D eigenvalue weighted by Crippen LogP contribution is 2.21. The van der Waals surface area contributed by atoms with Crippen LogP contribution < -0.4 is 10.6 Å². The summed E-state index contributed by atoms with van der Waals surface area (Å²) in [5.41, 5.74) is -0.161. The Kier molecular flexibility index (Phi) is 4.72. The molecular formula is C12H21N3O3. The maximum Gasteiger partial charge on any atom is 0.320 e. The second-order valence-corrected chi connectivity index (χ2v) is 5.35. The van der Waals surface area contributed by atoms with Crippen LogP contribution >= 0.6 is 0 Å². The second kappa shape index (κ2) is 5.86. The minimum absolute atomic E-state index is 0.161. The third-order valence-corrected chi connectivity index (χ3v) is 2.45. The van der Waals surface area contributed by atoms with E-state index in [0.717, 1.165) is 0 Å². The fraction of sp³-hybridized carbons (Fsp3) is 0.667. The first-order chi connectivity index (χ1) is 8.28. The Balaban J connectivity index is 2.37. The third kappa shape index (κ3) is 5.18. The van der Waals surface area contributed by atoms with Crippen LogP contribution in [0.5, 0.6) is 0 Å². The monoisotopic (exact) mass is 255 g/mol. The molecule has 0 aromatic carbocycles. The van der Waals surface area contributed by atoms with E-state index in [-0.39, 0.29) is 17.6 Å². The normalized spacial score (nSPS) is 13.2. The van der Waals surface area contributed by atoms with Gasteiger partial charge in [-0.25, -0.2) is 4.79 Å². The zero-order chi connectivity index (χ0) is 13.8. The fourth-order valence-corrected chi connectivity index (χ4v) is 1.78. The van der Waals surface area contributed by atoms with Gasteiger partial charge in [0, 0.05) is 12.6 Å². The summed E-state index contributed by atoms with van der Waals surface area (Å²) < 4.78 is 4.84. The minimum atomic E-state index is -0.386. The number of urea groups is 1. The van der Waals surface area contributed by atoms with Gasteiger partial charge in [0.25, 0.3) is 0 Å². The molecule has 0 aliphatic carbocycles. The molecular weight excluding hydrogens is 234 g/mol. The Morgan fingerprint density at radius 2 is 2.28 bits per heavy atom. The van der Waals surface area contributed by atoms with Gasteiger partial charge in [0.15, 0.2) is 5.82 Å². The van der Waals surface area contributed by atoms with Gasteiger partial charge >= 0.3 is 6.03 Å². The number of nitrogens with one attached hydrogen (secondary N) is 2. The van der Waals surface area contributed by atoms with Crippen molar-refractivity contribution in [3.05, 3.63) is 11.8 Å². The second-order valence-electron chi connectivity index (χ2n) is 5.35. The number of hydrogen-bond donors (Lipinski definition) is 3. The van der Waals surface area contributed by atoms with Gasteiger partial charge in [-0.05, 0) is 25.7 Å². The first-order valence-corrected chi connectivity index (χ1v) is 5.95. The summed E-state index contributed by atoms with van der Waals surface area (Å²) in [6, 6.07) is 1.31. The predicted octanol–water partition coefficient (Wildman–Crippen LogP) is 1.90. The van der Waals surface area contributed by atoms with Gasteiger partial charge in [-0.3, -0.25) is 5.32 Å². The summed E-state index contributed by atoms with van der Waals surface area (Å²) in [5.74, 6) is 1.03. The van der Waals surface area contributed by atoms with Crippen LogP contribution in [0.3, 0.4) is 0 Å². The van der Waals surface area contributed by atoms with Crippen LogP contribution in [0.2, 0.25) is 0 Å². The summed E-state index contributed by atoms with van der Waals surface area (Å²) >= 11 is 0. The van der Waals surface area contributed by atoms with E-state index < -0.39 is 0 Å². The Morgan fingerprint density at radius 1 is 1.61 bits per heavy atom. The number of amides is 2. The van der Waals surface area contributed by atoms with Crippen LogP contribution in [0.1, 0.15) is 33.0 Å². The summed E-state index contributed by atoms with van der Waals surface area (Å²) in [4.78, 5) is 11.6. The number of carbonyl (C=O) groups excluding carboxylic acids is 1. The van der Waals surface area contributed by atoms with Crippen LogP contribution in [-0.2, 0) is 0 Å². The van der Waals surface area contributed by atoms with Gasteiger partial charge in [-0.2, -0.15) is 0 Å². The van der Waals surface area contributed by atoms with Crippen LogP contribution in [0, 0.1) is 12.3 Å². The first kappa shape index (κ1) is 14.5. The number of anilines is 1. The lowest BCUT2D eigenvalue weighted by Crippen LogP contribution is -2.38. The molecule has 0 radical (unpaired) electrons. The smallest absolute Gasteiger partial charge is 0.320 e. The fourth-order valence-electron chi connectivity index (χ4n) is 1.78. The molecule has 1 rings (SSSR count). The molecule has 0 aliphatic rings. The van der Waals surface area contributed by atoms with E-state index in [9.17, 15) is 9.90 Å². The number of aliphatic hydroxyl groups excluding tert-OH is 1. The predicted molar refractivity (Wildman–Crippen MR) is 68.3 cm³/mol. The lowest BCUT2D eigenvalue weighted by molar-refractivity contribution is 0.129. The first-order valence-electron chi connectivity index (χ1n) is 5.95. The molecule has 18 heavy (non-hydrogen) atoms. The van der Waals surface area contributed by atoms with Crippen molar-refractivity contribution in [3.8, 4) is 0 Å². The Bertz CT molecular complexity index is 399. The molecule has 2 amide bonds. The Hall–Kier alpha value is -1.56. The van der Waals surface area contributed by atoms with Gasteiger partial charge in [0.05, 0.1) is 6.10 Å². The topological polar surface area (TPSA) is 87.4 Å². The quantitative estimate of drug-likeness (QED) is 0.750. The van der Waals surface area contributed by atoms with Crippen molar-refractivity contribution < 1.29 is 14.4 Å². The zero-order valence-electron chi connectivity index (χ0n) is 11.3. The SMILES string of the molecule is Cc1cc(NC(=O)NCC(C)(C)CC(C)O)no1. The molecule has 0 aliphatic heterocycles. The summed E-state index contributed by atoms with van der Waals surface area (Å²) in [7, 11) is 0. The molecule has 1 atom stereocenters. The van der Waals surface area contributed by atoms with Crippen molar-refractivity contribution in [1.82, 2.24) is 10.5 Å². The van der Waals surface area contributed by atoms with E-state index in [4.69, 9.17) is 4.52 Å². The van der Waals surface area contributed by atoms with Gasteiger partial charge in [0.1, 0.15) is 5.76 Å². The van der Waals surface area contributed by atoms with E-state index in [1.165, 1.54) is 0 Å². The highest BCUT2D eigenvalue weighted by atomic mass is 16.5. The number of aliphatic hydroxyl groups is 1. The zero-order valence-corrected chi connectivity index (χ0v) is 11.3. The molecule has 0 saturated carbocycles. The van der Waals surface area contributed by atoms with Crippen molar-refractivity contribution in [2.24, 2.45) is 5.41 Å². The van der Waals surface area contributed by atoms with E-state index in [0.29, 0.717) is 24.5 Å². The van der Waals surface area contributed by atoms with Crippen LogP contribution in [0.15, 0.2) is 10.6 Å². The number of carbonyl (C=O) groups is 1. The molecule has 1 aromatic heterocycles. The Labute approximate surface area is 107 Å². The summed E-state index contributed by atoms with van der Waals surface area (Å²) in [5, 5.41) is 18.3. The van der Waals surface area contributed by atoms with Crippen molar-refractivity contribution >= 4 is 11.8 Å². The largest absolute Gasteiger partial charge is 0.393 e. The standard InChI is InChI=1S/C12H21N3O3/c1-8(16)6-12(3,4)7-13-11(17)14-10-5-9(2)18-15-10/h5,8,16H,6-7H2,1-4H3,(H2,13,14,15,17). The number of nitrogens with zero attached hydrogens (tertiary/aromatic N) is 1. The maximum absolute atomic E-state index is 11.6. The lowest BCUT2D eigenvalue weighted by atomic mass is 9.87. The molecule has 0 bridgehead atoms. The molecule has 0 saturated heterocycles. The molecule has 1 heterocycles. The lowest BCUT2D eigenvalue weighted by Gasteiger charge is -2.26. The van der Waals surface area contributed by atoms with E-state index >= 15 is 0 Å². The maximum atomic E-state index is 11.6. The minimum Gasteiger partial charge on any atom is -0.393 e. The molecule has 3 N–H and O–H groups in total. The van der Waals surface area contributed by atoms with Gasteiger partial charge < -0.3 is 14.9 Å². The van der Waals surface area contributed by atoms with Crippen molar-refractivity contribution in [2.45, 2.75) is 40.2 Å². The van der Waals surface area contributed by atoms with E-state index in [1.54, 1.807) is 19.9 Å². The van der Waals surface area contributed by atoms with Crippen molar-refractivity contribution in [2.75, 3.05) is 11.9 Å². The van der Waals surface area contributed by atoms with Crippen LogP contribution in [0.4, 0.5) is 10.6 Å². The van der Waals surface area contributed by atoms with E-state index in [1.807, 2.05) is 13.8 Å². The van der Waals surface area contributed by atoms with Gasteiger partial charge in [-0.1, -0.05) is 19.0 Å². The summed E-state index contributed by atoms with van der Waals surface area (Å²) in [6.07, 6.45) is 0.235. The number of aryl methyl sites for hydroxylation is 1. The molecule has 0 spiro atoms.